The van der Waals surface area contributed by atoms with Crippen LogP contribution in [0.4, 0.5) is 4.79 Å². The molecule has 5 heteroatoms. The number of urea groups is 1. The summed E-state index contributed by atoms with van der Waals surface area (Å²) >= 11 is 0. The Labute approximate surface area is 109 Å². The normalized spacial score (nSPS) is 12.1. The molecule has 1 unspecified atom stereocenters. The fourth-order valence-electron chi connectivity index (χ4n) is 1.58. The molecule has 0 bridgehead atoms. The molecule has 0 aromatic heterocycles. The molecule has 1 N–H and O–H groups in total. The maximum Gasteiger partial charge on any atom is 0.320 e. The number of carbonyl (C=O) groups is 2. The first-order chi connectivity index (χ1) is 8.34. The van der Waals surface area contributed by atoms with Crippen LogP contribution in [0.1, 0.15) is 27.7 Å². The SMILES string of the molecule is C=CCN(C(=O)N(CC)CC(C)C(=O)O)C(C)C. The van der Waals surface area contributed by atoms with Crippen molar-refractivity contribution >= 4 is 12.0 Å². The van der Waals surface area contributed by atoms with Gasteiger partial charge in [0.1, 0.15) is 0 Å². The van der Waals surface area contributed by atoms with E-state index in [0.717, 1.165) is 0 Å². The zero-order valence-corrected chi connectivity index (χ0v) is 11.7. The Morgan fingerprint density at radius 1 is 1.33 bits per heavy atom. The number of aliphatic carboxylic acids is 1. The van der Waals surface area contributed by atoms with Crippen molar-refractivity contribution in [3.05, 3.63) is 12.7 Å². The van der Waals surface area contributed by atoms with Crippen LogP contribution in [0.2, 0.25) is 0 Å². The highest BCUT2D eigenvalue weighted by Crippen LogP contribution is 2.08. The summed E-state index contributed by atoms with van der Waals surface area (Å²) in [4.78, 5) is 26.3. The van der Waals surface area contributed by atoms with E-state index in [9.17, 15) is 9.59 Å². The Morgan fingerprint density at radius 2 is 1.89 bits per heavy atom. The van der Waals surface area contributed by atoms with Gasteiger partial charge in [0.05, 0.1) is 5.92 Å². The van der Waals surface area contributed by atoms with Crippen LogP contribution in [-0.2, 0) is 4.79 Å². The Hall–Kier alpha value is -1.52. The van der Waals surface area contributed by atoms with Gasteiger partial charge in [0, 0.05) is 25.7 Å². The zero-order valence-electron chi connectivity index (χ0n) is 11.7. The summed E-state index contributed by atoms with van der Waals surface area (Å²) in [5, 5.41) is 8.89. The van der Waals surface area contributed by atoms with Gasteiger partial charge in [0.25, 0.3) is 0 Å². The predicted octanol–water partition coefficient (Wildman–Crippen LogP) is 2.05. The van der Waals surface area contributed by atoms with Gasteiger partial charge in [-0.1, -0.05) is 13.0 Å². The number of carboxylic acid groups (broad SMARTS) is 1. The van der Waals surface area contributed by atoms with E-state index in [4.69, 9.17) is 5.11 Å². The van der Waals surface area contributed by atoms with Gasteiger partial charge >= 0.3 is 12.0 Å². The smallest absolute Gasteiger partial charge is 0.320 e. The lowest BCUT2D eigenvalue weighted by Gasteiger charge is -2.32. The molecule has 0 fully saturated rings. The van der Waals surface area contributed by atoms with E-state index in [-0.39, 0.29) is 18.6 Å². The van der Waals surface area contributed by atoms with Crippen molar-refractivity contribution in [1.82, 2.24) is 9.80 Å². The zero-order chi connectivity index (χ0) is 14.3. The van der Waals surface area contributed by atoms with Crippen molar-refractivity contribution in [2.24, 2.45) is 5.92 Å². The Morgan fingerprint density at radius 3 is 2.22 bits per heavy atom. The monoisotopic (exact) mass is 256 g/mol. The van der Waals surface area contributed by atoms with E-state index < -0.39 is 11.9 Å². The standard InChI is InChI=1S/C13H24N2O3/c1-6-8-15(10(3)4)13(18)14(7-2)9-11(5)12(16)17/h6,10-11H,1,7-9H2,2-5H3,(H,16,17). The molecule has 0 aliphatic carbocycles. The second-order valence-electron chi connectivity index (χ2n) is 4.60. The van der Waals surface area contributed by atoms with Crippen LogP contribution in [0, 0.1) is 5.92 Å². The molecular weight excluding hydrogens is 232 g/mol. The molecule has 0 radical (unpaired) electrons. The van der Waals surface area contributed by atoms with Crippen molar-refractivity contribution in [2.75, 3.05) is 19.6 Å². The van der Waals surface area contributed by atoms with Crippen molar-refractivity contribution in [3.63, 3.8) is 0 Å². The van der Waals surface area contributed by atoms with Gasteiger partial charge in [0.2, 0.25) is 0 Å². The Balaban J connectivity index is 4.76. The first-order valence-corrected chi connectivity index (χ1v) is 6.24. The van der Waals surface area contributed by atoms with Crippen LogP contribution in [0.5, 0.6) is 0 Å². The average molecular weight is 256 g/mol. The third-order valence-corrected chi connectivity index (χ3v) is 2.76. The first-order valence-electron chi connectivity index (χ1n) is 6.24. The minimum atomic E-state index is -0.888. The molecular formula is C13H24N2O3. The number of amides is 2. The van der Waals surface area contributed by atoms with Crippen LogP contribution < -0.4 is 0 Å². The second-order valence-corrected chi connectivity index (χ2v) is 4.60. The van der Waals surface area contributed by atoms with Crippen LogP contribution in [0.25, 0.3) is 0 Å². The molecule has 0 rings (SSSR count). The molecule has 0 heterocycles. The lowest BCUT2D eigenvalue weighted by atomic mass is 10.1. The molecule has 0 aliphatic heterocycles. The molecule has 5 nitrogen and oxygen atoms in total. The fourth-order valence-corrected chi connectivity index (χ4v) is 1.58. The van der Waals surface area contributed by atoms with Gasteiger partial charge in [-0.25, -0.2) is 4.79 Å². The summed E-state index contributed by atoms with van der Waals surface area (Å²) in [7, 11) is 0. The van der Waals surface area contributed by atoms with E-state index in [2.05, 4.69) is 6.58 Å². The highest BCUT2D eigenvalue weighted by Gasteiger charge is 2.24. The Bertz CT molecular complexity index is 303. The third-order valence-electron chi connectivity index (χ3n) is 2.76. The minimum absolute atomic E-state index is 0.0599. The summed E-state index contributed by atoms with van der Waals surface area (Å²) in [6.07, 6.45) is 1.67. The van der Waals surface area contributed by atoms with E-state index in [1.54, 1.807) is 22.8 Å². The fraction of sp³-hybridized carbons (Fsp3) is 0.692. The van der Waals surface area contributed by atoms with Crippen LogP contribution in [0.15, 0.2) is 12.7 Å². The summed E-state index contributed by atoms with van der Waals surface area (Å²) in [6, 6.07) is -0.0785. The number of carboxylic acids is 1. The maximum atomic E-state index is 12.3. The molecule has 0 aliphatic rings. The van der Waals surface area contributed by atoms with Gasteiger partial charge in [-0.2, -0.15) is 0 Å². The number of nitrogens with zero attached hydrogens (tertiary/aromatic N) is 2. The van der Waals surface area contributed by atoms with Crippen molar-refractivity contribution < 1.29 is 14.7 Å². The molecule has 2 amide bonds. The number of rotatable bonds is 7. The lowest BCUT2D eigenvalue weighted by Crippen LogP contribution is -2.48. The molecule has 18 heavy (non-hydrogen) atoms. The topological polar surface area (TPSA) is 60.9 Å². The summed E-state index contributed by atoms with van der Waals surface area (Å²) in [5.41, 5.74) is 0. The van der Waals surface area contributed by atoms with Crippen LogP contribution in [0.3, 0.4) is 0 Å². The Kier molecular flexibility index (Phi) is 7.08. The van der Waals surface area contributed by atoms with Crippen molar-refractivity contribution in [3.8, 4) is 0 Å². The summed E-state index contributed by atoms with van der Waals surface area (Å²) in [6.45, 7) is 12.1. The molecule has 0 saturated carbocycles. The van der Waals surface area contributed by atoms with Crippen molar-refractivity contribution in [1.29, 1.82) is 0 Å². The predicted molar refractivity (Wildman–Crippen MR) is 71.5 cm³/mol. The van der Waals surface area contributed by atoms with E-state index in [1.807, 2.05) is 20.8 Å². The molecule has 0 saturated heterocycles. The van der Waals surface area contributed by atoms with Crippen molar-refractivity contribution in [2.45, 2.75) is 33.7 Å². The largest absolute Gasteiger partial charge is 0.481 e. The van der Waals surface area contributed by atoms with E-state index in [0.29, 0.717) is 13.1 Å². The highest BCUT2D eigenvalue weighted by atomic mass is 16.4. The maximum absolute atomic E-state index is 12.3. The van der Waals surface area contributed by atoms with Gasteiger partial charge in [-0.15, -0.1) is 6.58 Å². The lowest BCUT2D eigenvalue weighted by molar-refractivity contribution is -0.141. The van der Waals surface area contributed by atoms with Crippen LogP contribution in [-0.4, -0.2) is 52.6 Å². The molecule has 0 spiro atoms. The molecule has 0 aromatic carbocycles. The molecule has 1 atom stereocenters. The highest BCUT2D eigenvalue weighted by molar-refractivity contribution is 5.76. The van der Waals surface area contributed by atoms with E-state index >= 15 is 0 Å². The summed E-state index contributed by atoms with van der Waals surface area (Å²) < 4.78 is 0. The van der Waals surface area contributed by atoms with Gasteiger partial charge < -0.3 is 14.9 Å². The molecule has 0 aromatic rings. The van der Waals surface area contributed by atoms with Crippen LogP contribution >= 0.6 is 0 Å². The summed E-state index contributed by atoms with van der Waals surface area (Å²) in [5.74, 6) is -1.45. The number of hydrogen-bond acceptors (Lipinski definition) is 2. The molecule has 104 valence electrons. The average Bonchev–Trinajstić information content (AvgIpc) is 2.31. The quantitative estimate of drug-likeness (QED) is 0.709. The van der Waals surface area contributed by atoms with Gasteiger partial charge in [-0.3, -0.25) is 4.79 Å². The number of carbonyl (C=O) groups excluding carboxylic acids is 1. The second kappa shape index (κ2) is 7.74. The van der Waals surface area contributed by atoms with Gasteiger partial charge in [-0.05, 0) is 20.8 Å². The first kappa shape index (κ1) is 16.5. The number of hydrogen-bond donors (Lipinski definition) is 1. The van der Waals surface area contributed by atoms with Gasteiger partial charge in [0.15, 0.2) is 0 Å². The minimum Gasteiger partial charge on any atom is -0.481 e. The van der Waals surface area contributed by atoms with E-state index in [1.165, 1.54) is 0 Å². The third kappa shape index (κ3) is 4.77.